The van der Waals surface area contributed by atoms with Crippen LogP contribution in [0.5, 0.6) is 0 Å². The maximum absolute atomic E-state index is 13.0. The van der Waals surface area contributed by atoms with Gasteiger partial charge in [0.1, 0.15) is 5.69 Å². The van der Waals surface area contributed by atoms with Gasteiger partial charge in [0.15, 0.2) is 5.82 Å². The van der Waals surface area contributed by atoms with Gasteiger partial charge in [0.2, 0.25) is 5.95 Å². The highest BCUT2D eigenvalue weighted by Gasteiger charge is 2.11. The van der Waals surface area contributed by atoms with Gasteiger partial charge in [-0.05, 0) is 19.9 Å². The molecule has 0 fully saturated rings. The number of hydrogen-bond donors (Lipinski definition) is 1. The van der Waals surface area contributed by atoms with Gasteiger partial charge >= 0.3 is 0 Å². The van der Waals surface area contributed by atoms with E-state index in [1.807, 2.05) is 0 Å². The number of nitrogens with zero attached hydrogens (tertiary/aromatic N) is 2. The number of fused-ring (bicyclic) bond motifs is 1. The fourth-order valence-corrected chi connectivity index (χ4v) is 1.18. The highest BCUT2D eigenvalue weighted by Crippen LogP contribution is 2.14. The second-order valence-corrected chi connectivity index (χ2v) is 3.13. The third kappa shape index (κ3) is 1.26. The lowest BCUT2D eigenvalue weighted by molar-refractivity contribution is 0.565. The Hall–Kier alpha value is -1.78. The molecule has 0 aromatic carbocycles. The van der Waals surface area contributed by atoms with E-state index in [1.165, 1.54) is 13.0 Å². The maximum Gasteiger partial charge on any atom is 0.274 e. The van der Waals surface area contributed by atoms with Crippen molar-refractivity contribution in [2.45, 2.75) is 13.8 Å². The number of hydrogen-bond acceptors (Lipinski definition) is 3. The molecule has 0 aromatic rings. The zero-order valence-corrected chi connectivity index (χ0v) is 7.76. The third-order valence-corrected chi connectivity index (χ3v) is 1.98. The first-order valence-electron chi connectivity index (χ1n) is 4.11. The highest BCUT2D eigenvalue weighted by atomic mass is 19.1. The van der Waals surface area contributed by atoms with Gasteiger partial charge in [0.25, 0.3) is 5.56 Å². The quantitative estimate of drug-likeness (QED) is 0.679. The summed E-state index contributed by atoms with van der Waals surface area (Å²) in [5.41, 5.74) is 0.779. The van der Waals surface area contributed by atoms with E-state index in [0.717, 1.165) is 0 Å². The van der Waals surface area contributed by atoms with Crippen LogP contribution in [-0.4, -0.2) is 15.0 Å². The van der Waals surface area contributed by atoms with Crippen LogP contribution in [0.2, 0.25) is 0 Å². The molecule has 14 heavy (non-hydrogen) atoms. The summed E-state index contributed by atoms with van der Waals surface area (Å²) in [6, 6.07) is 1.52. The van der Waals surface area contributed by atoms with Crippen LogP contribution in [0.4, 0.5) is 4.39 Å². The molecule has 0 atom stereocenters. The Morgan fingerprint density at radius 1 is 1.36 bits per heavy atom. The fourth-order valence-electron chi connectivity index (χ4n) is 1.18. The summed E-state index contributed by atoms with van der Waals surface area (Å²) < 4.78 is 13.0. The summed E-state index contributed by atoms with van der Waals surface area (Å²) in [5, 5.41) is 0. The topological polar surface area (TPSA) is 58.6 Å². The molecule has 0 saturated carbocycles. The van der Waals surface area contributed by atoms with E-state index in [-0.39, 0.29) is 11.3 Å². The van der Waals surface area contributed by atoms with E-state index in [9.17, 15) is 9.18 Å². The lowest BCUT2D eigenvalue weighted by Crippen LogP contribution is -2.14. The van der Waals surface area contributed by atoms with Crippen LogP contribution >= 0.6 is 0 Å². The van der Waals surface area contributed by atoms with E-state index in [0.29, 0.717) is 17.1 Å². The van der Waals surface area contributed by atoms with Crippen LogP contribution in [0.1, 0.15) is 11.3 Å². The van der Waals surface area contributed by atoms with Crippen LogP contribution in [0.3, 0.4) is 0 Å². The molecule has 2 aliphatic heterocycles. The largest absolute Gasteiger partial charge is 0.338 e. The molecule has 0 spiro atoms. The average molecular weight is 193 g/mol. The Balaban J connectivity index is 2.85. The van der Waals surface area contributed by atoms with Crippen LogP contribution in [0.25, 0.3) is 11.5 Å². The molecule has 2 aliphatic rings. The van der Waals surface area contributed by atoms with Crippen LogP contribution in [-0.2, 0) is 0 Å². The predicted molar refractivity (Wildman–Crippen MR) is 48.7 cm³/mol. The smallest absolute Gasteiger partial charge is 0.274 e. The van der Waals surface area contributed by atoms with Crippen molar-refractivity contribution >= 4 is 0 Å². The van der Waals surface area contributed by atoms with E-state index in [2.05, 4.69) is 15.0 Å². The minimum absolute atomic E-state index is 0.272. The van der Waals surface area contributed by atoms with Crippen molar-refractivity contribution in [1.82, 2.24) is 15.0 Å². The van der Waals surface area contributed by atoms with Gasteiger partial charge in [-0.25, -0.2) is 4.98 Å². The maximum atomic E-state index is 13.0. The number of nitrogens with one attached hydrogen (secondary N) is 1. The van der Waals surface area contributed by atoms with Gasteiger partial charge in [-0.15, -0.1) is 0 Å². The van der Waals surface area contributed by atoms with Crippen molar-refractivity contribution in [1.29, 1.82) is 0 Å². The minimum Gasteiger partial charge on any atom is -0.338 e. The molecule has 0 amide bonds. The first-order valence-corrected chi connectivity index (χ1v) is 4.11. The standard InChI is InChI=1S/C9H8FN3O/c1-4-3-6-8(13-9(4)14)11-5(2)7(10)12-6/h3H,1-2H3,(H,11,13,14). The lowest BCUT2D eigenvalue weighted by Gasteiger charge is -2.05. The SMILES string of the molecule is Cc1[nH]c2nc(=O)c(C)cc-2nc1F. The summed E-state index contributed by atoms with van der Waals surface area (Å²) >= 11 is 0. The Bertz CT molecular complexity index is 520. The van der Waals surface area contributed by atoms with Crippen molar-refractivity contribution < 1.29 is 4.39 Å². The first-order chi connectivity index (χ1) is 6.58. The molecule has 4 nitrogen and oxygen atoms in total. The van der Waals surface area contributed by atoms with Crippen molar-refractivity contribution in [3.63, 3.8) is 0 Å². The second-order valence-electron chi connectivity index (χ2n) is 3.13. The molecular weight excluding hydrogens is 185 g/mol. The van der Waals surface area contributed by atoms with Gasteiger partial charge in [0, 0.05) is 5.56 Å². The predicted octanol–water partition coefficient (Wildman–Crippen LogP) is 1.03. The number of H-pyrrole nitrogens is 1. The van der Waals surface area contributed by atoms with Crippen molar-refractivity contribution in [2.24, 2.45) is 0 Å². The van der Waals surface area contributed by atoms with E-state index >= 15 is 0 Å². The zero-order valence-electron chi connectivity index (χ0n) is 7.76. The summed E-state index contributed by atoms with van der Waals surface area (Å²) in [4.78, 5) is 21.3. The van der Waals surface area contributed by atoms with E-state index < -0.39 is 5.95 Å². The number of rotatable bonds is 0. The molecule has 72 valence electrons. The number of aryl methyl sites for hydroxylation is 2. The molecule has 0 aromatic heterocycles. The molecule has 2 rings (SSSR count). The molecule has 1 N–H and O–H groups in total. The van der Waals surface area contributed by atoms with Gasteiger partial charge in [0.05, 0.1) is 5.69 Å². The Morgan fingerprint density at radius 2 is 2.07 bits per heavy atom. The van der Waals surface area contributed by atoms with Crippen LogP contribution in [0, 0.1) is 19.8 Å². The Labute approximate surface area is 79.2 Å². The summed E-state index contributed by atoms with van der Waals surface area (Å²) in [7, 11) is 0. The van der Waals surface area contributed by atoms with Crippen LogP contribution in [0.15, 0.2) is 10.9 Å². The van der Waals surface area contributed by atoms with E-state index in [1.54, 1.807) is 6.92 Å². The Kier molecular flexibility index (Phi) is 1.80. The fraction of sp³-hybridized carbons (Fsp3) is 0.222. The lowest BCUT2D eigenvalue weighted by atomic mass is 10.2. The minimum atomic E-state index is -0.572. The normalized spacial score (nSPS) is 10.8. The highest BCUT2D eigenvalue weighted by molar-refractivity contribution is 5.51. The molecule has 0 aliphatic carbocycles. The average Bonchev–Trinajstić information content (AvgIpc) is 2.11. The third-order valence-electron chi connectivity index (χ3n) is 1.98. The zero-order chi connectivity index (χ0) is 10.3. The van der Waals surface area contributed by atoms with Crippen molar-refractivity contribution in [2.75, 3.05) is 0 Å². The summed E-state index contributed by atoms with van der Waals surface area (Å²) in [5.74, 6) is -0.253. The summed E-state index contributed by atoms with van der Waals surface area (Å²) in [6.07, 6.45) is 0. The number of aromatic amines is 1. The van der Waals surface area contributed by atoms with Crippen molar-refractivity contribution in [3.8, 4) is 11.5 Å². The van der Waals surface area contributed by atoms with Crippen molar-refractivity contribution in [3.05, 3.63) is 33.6 Å². The van der Waals surface area contributed by atoms with Gasteiger partial charge < -0.3 is 4.98 Å². The monoisotopic (exact) mass is 193 g/mol. The number of halogens is 1. The molecule has 2 heterocycles. The molecule has 0 unspecified atom stereocenters. The molecule has 0 radical (unpaired) electrons. The second kappa shape index (κ2) is 2.87. The Morgan fingerprint density at radius 3 is 2.79 bits per heavy atom. The molecule has 0 bridgehead atoms. The van der Waals surface area contributed by atoms with Gasteiger partial charge in [-0.2, -0.15) is 9.37 Å². The molecule has 5 heteroatoms. The number of aromatic nitrogens is 3. The first kappa shape index (κ1) is 8.80. The number of pyridine rings is 1. The van der Waals surface area contributed by atoms with Gasteiger partial charge in [-0.1, -0.05) is 0 Å². The molecular formula is C9H8FN3O. The van der Waals surface area contributed by atoms with E-state index in [4.69, 9.17) is 0 Å². The molecule has 0 saturated heterocycles. The summed E-state index contributed by atoms with van der Waals surface area (Å²) in [6.45, 7) is 3.15. The van der Waals surface area contributed by atoms with Gasteiger partial charge in [-0.3, -0.25) is 4.79 Å². The van der Waals surface area contributed by atoms with Crippen LogP contribution < -0.4 is 5.56 Å².